The van der Waals surface area contributed by atoms with Crippen LogP contribution in [-0.2, 0) is 40.7 Å². The minimum Gasteiger partial charge on any atom is -0.494 e. The van der Waals surface area contributed by atoms with Gasteiger partial charge in [0.25, 0.3) is 0 Å². The molecule has 0 amide bonds. The molecule has 12 nitrogen and oxygen atoms in total. The molecular formula is C63H83NO11PS2+. The Morgan fingerprint density at radius 1 is 0.615 bits per heavy atom. The Morgan fingerprint density at radius 3 is 1.58 bits per heavy atom. The number of hydrogen-bond donors (Lipinski definition) is 1. The van der Waals surface area contributed by atoms with Crippen LogP contribution in [0.25, 0.3) is 12.2 Å². The molecule has 0 saturated carbocycles. The number of esters is 1. The molecule has 0 spiro atoms. The molecule has 6 rings (SSSR count). The van der Waals surface area contributed by atoms with Crippen molar-refractivity contribution in [1.82, 2.24) is 0 Å². The van der Waals surface area contributed by atoms with Crippen molar-refractivity contribution in [1.29, 1.82) is 0 Å². The van der Waals surface area contributed by atoms with E-state index in [9.17, 15) is 23.8 Å². The van der Waals surface area contributed by atoms with E-state index in [4.69, 9.17) is 28.0 Å². The zero-order valence-corrected chi connectivity index (χ0v) is 49.3. The summed E-state index contributed by atoms with van der Waals surface area (Å²) in [5.41, 5.74) is 5.28. The Hall–Kier alpha value is -4.92. The van der Waals surface area contributed by atoms with Gasteiger partial charge in [-0.1, -0.05) is 145 Å². The predicted molar refractivity (Wildman–Crippen MR) is 315 cm³/mol. The molecule has 422 valence electrons. The number of carbonyl (C=O) groups excluding carboxylic acids is 3. The second-order valence-electron chi connectivity index (χ2n) is 21.2. The summed E-state index contributed by atoms with van der Waals surface area (Å²) in [5.74, 6) is 1.61. The molecule has 78 heavy (non-hydrogen) atoms. The van der Waals surface area contributed by atoms with Crippen LogP contribution in [0.4, 0.5) is 0 Å². The van der Waals surface area contributed by atoms with Crippen molar-refractivity contribution in [2.45, 2.75) is 145 Å². The van der Waals surface area contributed by atoms with Gasteiger partial charge in [0.05, 0.1) is 56.5 Å². The molecule has 0 aliphatic carbocycles. The summed E-state index contributed by atoms with van der Waals surface area (Å²) in [7, 11) is 1.38. The third-order valence-electron chi connectivity index (χ3n) is 13.3. The maximum atomic E-state index is 13.4. The van der Waals surface area contributed by atoms with Gasteiger partial charge in [0, 0.05) is 33.8 Å². The van der Waals surface area contributed by atoms with E-state index in [1.807, 2.05) is 112 Å². The van der Waals surface area contributed by atoms with Gasteiger partial charge in [-0.25, -0.2) is 4.57 Å². The molecule has 2 heterocycles. The summed E-state index contributed by atoms with van der Waals surface area (Å²) in [6, 6.07) is 27.4. The van der Waals surface area contributed by atoms with Gasteiger partial charge in [-0.15, -0.1) is 0 Å². The molecule has 2 unspecified atom stereocenters. The number of phosphoric acid groups is 1. The second-order valence-corrected chi connectivity index (χ2v) is 24.8. The molecule has 1 N–H and O–H groups in total. The van der Waals surface area contributed by atoms with Crippen molar-refractivity contribution in [2.75, 3.05) is 60.7 Å². The number of phosphoric ester groups is 1. The lowest BCUT2D eigenvalue weighted by Gasteiger charge is -2.25. The van der Waals surface area contributed by atoms with Crippen molar-refractivity contribution in [3.63, 3.8) is 0 Å². The van der Waals surface area contributed by atoms with Gasteiger partial charge in [-0.2, -0.15) is 0 Å². The fourth-order valence-electron chi connectivity index (χ4n) is 8.78. The van der Waals surface area contributed by atoms with E-state index in [1.54, 1.807) is 0 Å². The largest absolute Gasteiger partial charge is 0.494 e. The number of carbonyl (C=O) groups is 3. The van der Waals surface area contributed by atoms with Gasteiger partial charge in [-0.05, 0) is 121 Å². The van der Waals surface area contributed by atoms with E-state index in [0.717, 1.165) is 56.4 Å². The number of thioether (sulfide) groups is 2. The first kappa shape index (κ1) is 62.3. The van der Waals surface area contributed by atoms with Crippen molar-refractivity contribution in [2.24, 2.45) is 0 Å². The van der Waals surface area contributed by atoms with Crippen molar-refractivity contribution in [3.05, 3.63) is 140 Å². The molecule has 0 aromatic heterocycles. The Kier molecular flexibility index (Phi) is 25.8. The number of likely N-dealkylation sites (N-methyl/N-ethyl adjacent to an activating group) is 1. The van der Waals surface area contributed by atoms with Gasteiger partial charge >= 0.3 is 13.8 Å². The summed E-state index contributed by atoms with van der Waals surface area (Å²) >= 11 is 2.93. The first-order chi connectivity index (χ1) is 37.6. The van der Waals surface area contributed by atoms with Gasteiger partial charge in [0.2, 0.25) is 11.6 Å². The van der Waals surface area contributed by atoms with E-state index >= 15 is 0 Å². The number of ketones is 2. The van der Waals surface area contributed by atoms with Crippen molar-refractivity contribution < 1.29 is 56.3 Å². The zero-order chi connectivity index (χ0) is 55.8. The highest BCUT2D eigenvalue weighted by atomic mass is 32.2. The number of nitrogens with zero attached hydrogens (tertiary/aromatic N) is 1. The fourth-order valence-corrected chi connectivity index (χ4v) is 11.8. The molecule has 2 aliphatic rings. The van der Waals surface area contributed by atoms with Crippen molar-refractivity contribution in [3.8, 4) is 11.5 Å². The number of quaternary nitrogens is 1. The number of aryl methyl sites for hydroxylation is 2. The molecule has 0 bridgehead atoms. The Bertz CT molecular complexity index is 2700. The highest BCUT2D eigenvalue weighted by Crippen LogP contribution is 2.44. The number of unbranched alkanes of at least 4 members (excludes halogenated alkanes) is 10. The number of hydrogen-bond acceptors (Lipinski definition) is 12. The Labute approximate surface area is 472 Å². The molecule has 0 radical (unpaired) electrons. The lowest BCUT2D eigenvalue weighted by Crippen LogP contribution is -2.37. The minimum absolute atomic E-state index is 0.00163. The highest BCUT2D eigenvalue weighted by Gasteiger charge is 2.29. The molecule has 2 aliphatic heterocycles. The van der Waals surface area contributed by atoms with E-state index in [2.05, 4.69) is 26.5 Å². The first-order valence-corrected chi connectivity index (χ1v) is 31.2. The smallest absolute Gasteiger partial charge is 0.472 e. The molecular weight excluding hydrogens is 1040 g/mol. The summed E-state index contributed by atoms with van der Waals surface area (Å²) in [6.07, 6.45) is 20.5. The molecule has 0 saturated heterocycles. The second kappa shape index (κ2) is 32.4. The molecule has 4 aromatic carbocycles. The number of fused-ring (bicyclic) bond motifs is 2. The highest BCUT2D eigenvalue weighted by molar-refractivity contribution is 8.05. The van der Waals surface area contributed by atoms with E-state index < -0.39 is 19.9 Å². The van der Waals surface area contributed by atoms with Crippen LogP contribution in [0.2, 0.25) is 0 Å². The number of benzene rings is 4. The van der Waals surface area contributed by atoms with Crippen LogP contribution in [0, 0.1) is 0 Å². The number of rotatable bonds is 37. The van der Waals surface area contributed by atoms with E-state index in [0.29, 0.717) is 83.0 Å². The maximum absolute atomic E-state index is 13.4. The zero-order valence-electron chi connectivity index (χ0n) is 46.7. The van der Waals surface area contributed by atoms with Crippen LogP contribution in [0.3, 0.4) is 0 Å². The summed E-state index contributed by atoms with van der Waals surface area (Å²) < 4.78 is 47.6. The Balaban J connectivity index is 0.944. The van der Waals surface area contributed by atoms with Gasteiger partial charge in [0.15, 0.2) is 6.10 Å². The van der Waals surface area contributed by atoms with Crippen LogP contribution < -0.4 is 9.47 Å². The van der Waals surface area contributed by atoms with Crippen LogP contribution in [0.1, 0.15) is 160 Å². The van der Waals surface area contributed by atoms with Gasteiger partial charge in [0.1, 0.15) is 31.3 Å². The molecule has 2 atom stereocenters. The first-order valence-electron chi connectivity index (χ1n) is 28.1. The SMILES string of the molecule is C=C(CCCc1ccc2c(c1)S/C(=C\c1ccc(OCCCCCCCC)cc1)C2=O)OC(COC(=O)CCCc1ccc2c(c1)S/C(=C\c1ccc(OCCCCCCCC)cc1)C2=O)COP(=O)(O)OCC[N+](C)(C)C. The predicted octanol–water partition coefficient (Wildman–Crippen LogP) is 15.5. The lowest BCUT2D eigenvalue weighted by molar-refractivity contribution is -0.870. The number of allylic oxidation sites excluding steroid dienone is 3. The van der Waals surface area contributed by atoms with Crippen LogP contribution in [-0.4, -0.2) is 93.7 Å². The quantitative estimate of drug-likeness (QED) is 0.0114. The van der Waals surface area contributed by atoms with Crippen LogP contribution in [0.15, 0.2) is 117 Å². The Morgan fingerprint density at radius 2 is 1.09 bits per heavy atom. The average molecular weight is 1130 g/mol. The average Bonchev–Trinajstić information content (AvgIpc) is 3.93. The summed E-state index contributed by atoms with van der Waals surface area (Å²) in [5, 5.41) is 0. The number of ether oxygens (including phenoxy) is 4. The van der Waals surface area contributed by atoms with Crippen LogP contribution >= 0.6 is 31.3 Å². The third-order valence-corrected chi connectivity index (χ3v) is 16.5. The lowest BCUT2D eigenvalue weighted by atomic mass is 10.0. The minimum atomic E-state index is -4.45. The topological polar surface area (TPSA) is 144 Å². The normalized spacial score (nSPS) is 15.3. The fraction of sp³-hybridized carbons (Fsp3) is 0.476. The maximum Gasteiger partial charge on any atom is 0.472 e. The molecule has 15 heteroatoms. The van der Waals surface area contributed by atoms with Crippen LogP contribution in [0.5, 0.6) is 11.5 Å². The standard InChI is InChI=1S/C63H82NO11PS2/c1-7-9-11-13-15-17-38-70-52-31-25-50(26-32-52)43-59-62(66)55-35-29-48(41-57(55)77-59)22-19-21-47(3)75-54(46-74-76(68,69)73-40-37-64(4,5)6)45-72-61(65)24-20-23-49-30-36-56-58(42-49)78-60(63(56)67)44-51-27-33-53(34-28-51)71-39-18-16-14-12-10-8-2/h25-36,41-44,54H,3,7-24,37-40,45-46H2,1-2,4-6H3/p+1/b59-43-,60-44-. The van der Waals surface area contributed by atoms with Gasteiger partial charge in [-0.3, -0.25) is 23.4 Å². The van der Waals surface area contributed by atoms with E-state index in [-0.39, 0.29) is 37.8 Å². The number of Topliss-reactive ketones (excluding diaryl/α,β-unsaturated/α-hetero) is 2. The van der Waals surface area contributed by atoms with E-state index in [1.165, 1.54) is 87.7 Å². The monoisotopic (exact) mass is 1120 g/mol. The molecule has 4 aromatic rings. The molecule has 0 fully saturated rings. The van der Waals surface area contributed by atoms with Crippen molar-refractivity contribution >= 4 is 61.0 Å². The summed E-state index contributed by atoms with van der Waals surface area (Å²) in [6.45, 7) is 9.83. The van der Waals surface area contributed by atoms with Gasteiger partial charge < -0.3 is 28.3 Å². The summed E-state index contributed by atoms with van der Waals surface area (Å²) in [4.78, 5) is 53.4. The third kappa shape index (κ3) is 22.0.